The molecular weight excluding hydrogens is 601 g/mol. The summed E-state index contributed by atoms with van der Waals surface area (Å²) >= 11 is 0. The van der Waals surface area contributed by atoms with Crippen LogP contribution in [-0.2, 0) is 10.9 Å². The third kappa shape index (κ3) is 10.3. The van der Waals surface area contributed by atoms with Crippen LogP contribution in [0, 0.1) is 11.8 Å². The lowest BCUT2D eigenvalue weighted by Crippen LogP contribution is -2.47. The first kappa shape index (κ1) is 35.5. The Bertz CT molecular complexity index is 1300. The van der Waals surface area contributed by atoms with Crippen molar-refractivity contribution in [3.63, 3.8) is 0 Å². The molecule has 46 heavy (non-hydrogen) atoms. The molecule has 1 aliphatic heterocycles. The number of halogens is 3. The first-order valence-corrected chi connectivity index (χ1v) is 16.1. The van der Waals surface area contributed by atoms with E-state index in [1.54, 1.807) is 24.0 Å². The van der Waals surface area contributed by atoms with Crippen LogP contribution >= 0.6 is 0 Å². The molecule has 0 bridgehead atoms. The number of aliphatic hydroxyl groups excluding tert-OH is 1. The number of carbonyl (C=O) groups is 2. The van der Waals surface area contributed by atoms with Crippen molar-refractivity contribution in [2.75, 3.05) is 50.5 Å². The highest BCUT2D eigenvalue weighted by molar-refractivity contribution is 6.02. The minimum absolute atomic E-state index is 0.0401. The molecule has 0 unspecified atom stereocenters. The fourth-order valence-corrected chi connectivity index (χ4v) is 5.62. The fourth-order valence-electron chi connectivity index (χ4n) is 5.62. The van der Waals surface area contributed by atoms with Gasteiger partial charge in [0.05, 0.1) is 36.0 Å². The largest absolute Gasteiger partial charge is 0.490 e. The second-order valence-corrected chi connectivity index (χ2v) is 12.8. The second kappa shape index (κ2) is 16.0. The van der Waals surface area contributed by atoms with Crippen molar-refractivity contribution in [2.24, 2.45) is 11.8 Å². The minimum atomic E-state index is -4.48. The van der Waals surface area contributed by atoms with Gasteiger partial charge in [0.25, 0.3) is 5.91 Å². The number of alkyl halides is 3. The van der Waals surface area contributed by atoms with Gasteiger partial charge >= 0.3 is 12.2 Å². The average Bonchev–Trinajstić information content (AvgIpc) is 3.82. The summed E-state index contributed by atoms with van der Waals surface area (Å²) in [5.41, 5.74) is -0.126. The molecule has 1 heterocycles. The molecule has 4 atom stereocenters. The molecule has 3 amide bonds. The normalized spacial score (nSPS) is 22.4. The molecule has 0 radical (unpaired) electrons. The lowest BCUT2D eigenvalue weighted by atomic mass is 10.0. The molecule has 2 aromatic rings. The summed E-state index contributed by atoms with van der Waals surface area (Å²) in [5, 5.41) is 15.3. The molecule has 0 saturated heterocycles. The molecule has 1 aliphatic carbocycles. The van der Waals surface area contributed by atoms with Gasteiger partial charge in [-0.3, -0.25) is 4.79 Å². The summed E-state index contributed by atoms with van der Waals surface area (Å²) in [6.07, 6.45) is 0.252. The Balaban J connectivity index is 1.57. The summed E-state index contributed by atoms with van der Waals surface area (Å²) in [6, 6.07) is 7.69. The number of hydrogen-bond donors (Lipinski definition) is 3. The fraction of sp³-hybridized carbons (Fsp3) is 0.588. The zero-order valence-corrected chi connectivity index (χ0v) is 27.1. The molecule has 12 heteroatoms. The first-order chi connectivity index (χ1) is 21.8. The van der Waals surface area contributed by atoms with Gasteiger partial charge in [0, 0.05) is 43.5 Å². The van der Waals surface area contributed by atoms with Crippen molar-refractivity contribution in [1.82, 2.24) is 9.80 Å². The molecule has 3 N–H and O–H groups in total. The van der Waals surface area contributed by atoms with Gasteiger partial charge in [0.1, 0.15) is 5.75 Å². The second-order valence-electron chi connectivity index (χ2n) is 12.8. The number of aliphatic hydroxyl groups is 1. The quantitative estimate of drug-likeness (QED) is 0.303. The summed E-state index contributed by atoms with van der Waals surface area (Å²) in [6.45, 7) is 8.26. The van der Waals surface area contributed by atoms with Gasteiger partial charge in [-0.25, -0.2) is 4.79 Å². The van der Waals surface area contributed by atoms with Gasteiger partial charge in [-0.2, -0.15) is 13.2 Å². The molecule has 1 fully saturated rings. The molecule has 2 aliphatic rings. The van der Waals surface area contributed by atoms with Crippen LogP contribution in [0.4, 0.5) is 29.3 Å². The SMILES string of the molecule is C[C@H](CO)N1C[C@H](C)[C@@H](CN(C)CC2CC2)OCCCC[C@H](C)Oc2ccc(NC(=O)Nc3ccc(C(F)(F)F)cc3)cc2C1=O. The van der Waals surface area contributed by atoms with Crippen molar-refractivity contribution in [3.8, 4) is 5.75 Å². The highest BCUT2D eigenvalue weighted by atomic mass is 19.4. The highest BCUT2D eigenvalue weighted by Gasteiger charge is 2.32. The highest BCUT2D eigenvalue weighted by Crippen LogP contribution is 2.32. The maximum Gasteiger partial charge on any atom is 0.416 e. The lowest BCUT2D eigenvalue weighted by Gasteiger charge is -2.36. The van der Waals surface area contributed by atoms with Gasteiger partial charge in [0.2, 0.25) is 0 Å². The topological polar surface area (TPSA) is 103 Å². The van der Waals surface area contributed by atoms with Crippen molar-refractivity contribution >= 4 is 23.3 Å². The number of ether oxygens (including phenoxy) is 2. The predicted molar refractivity (Wildman–Crippen MR) is 171 cm³/mol. The lowest BCUT2D eigenvalue weighted by molar-refractivity contribution is -0.137. The molecule has 2 aromatic carbocycles. The molecule has 1 saturated carbocycles. The minimum Gasteiger partial charge on any atom is -0.490 e. The van der Waals surface area contributed by atoms with E-state index in [9.17, 15) is 27.9 Å². The van der Waals surface area contributed by atoms with E-state index in [1.807, 2.05) is 6.92 Å². The third-order valence-electron chi connectivity index (χ3n) is 8.54. The first-order valence-electron chi connectivity index (χ1n) is 16.1. The van der Waals surface area contributed by atoms with E-state index in [4.69, 9.17) is 9.47 Å². The number of carbonyl (C=O) groups excluding carboxylic acids is 2. The van der Waals surface area contributed by atoms with E-state index in [-0.39, 0.29) is 41.9 Å². The van der Waals surface area contributed by atoms with Crippen LogP contribution < -0.4 is 15.4 Å². The molecule has 0 spiro atoms. The third-order valence-corrected chi connectivity index (χ3v) is 8.54. The van der Waals surface area contributed by atoms with Crippen LogP contribution in [0.15, 0.2) is 42.5 Å². The standard InChI is InChI=1S/C34H47F3N4O5/c1-22-18-41(23(2)21-42)32(43)29-17-28(39-33(44)38-27-12-10-26(11-13-27)34(35,36)37)14-15-30(29)46-24(3)7-5-6-16-45-31(22)20-40(4)19-25-8-9-25/h10-15,17,22-25,31,42H,5-9,16,18-21H2,1-4H3,(H2,38,39,44)/t22-,23+,24-,31+/m0/s1. The number of likely N-dealkylation sites (N-methyl/N-ethyl adjacent to an activating group) is 1. The number of benzene rings is 2. The maximum atomic E-state index is 14.2. The molecule has 4 rings (SSSR count). The van der Waals surface area contributed by atoms with E-state index in [0.717, 1.165) is 50.4 Å². The van der Waals surface area contributed by atoms with Gasteiger partial charge in [-0.15, -0.1) is 0 Å². The van der Waals surface area contributed by atoms with Gasteiger partial charge in [-0.05, 0) is 101 Å². The zero-order valence-electron chi connectivity index (χ0n) is 27.1. The smallest absolute Gasteiger partial charge is 0.416 e. The average molecular weight is 649 g/mol. The van der Waals surface area contributed by atoms with Crippen LogP contribution in [0.2, 0.25) is 0 Å². The van der Waals surface area contributed by atoms with E-state index in [2.05, 4.69) is 29.5 Å². The van der Waals surface area contributed by atoms with Crippen LogP contribution in [0.5, 0.6) is 5.75 Å². The van der Waals surface area contributed by atoms with Gasteiger partial charge in [0.15, 0.2) is 0 Å². The Morgan fingerprint density at radius 2 is 1.72 bits per heavy atom. The Morgan fingerprint density at radius 1 is 1.04 bits per heavy atom. The van der Waals surface area contributed by atoms with Crippen LogP contribution in [0.3, 0.4) is 0 Å². The van der Waals surface area contributed by atoms with Crippen molar-refractivity contribution in [2.45, 2.75) is 77.3 Å². The number of fused-ring (bicyclic) bond motifs is 1. The van der Waals surface area contributed by atoms with E-state index >= 15 is 0 Å². The Hall–Kier alpha value is -3.35. The van der Waals surface area contributed by atoms with Crippen LogP contribution in [0.25, 0.3) is 0 Å². The monoisotopic (exact) mass is 648 g/mol. The number of nitrogens with zero attached hydrogens (tertiary/aromatic N) is 2. The number of anilines is 2. The van der Waals surface area contributed by atoms with Crippen molar-refractivity contribution < 1.29 is 37.3 Å². The Kier molecular flexibility index (Phi) is 12.3. The summed E-state index contributed by atoms with van der Waals surface area (Å²) < 4.78 is 51.4. The summed E-state index contributed by atoms with van der Waals surface area (Å²) in [7, 11) is 2.11. The molecular formula is C34H47F3N4O5. The number of amides is 3. The van der Waals surface area contributed by atoms with Crippen LogP contribution in [0.1, 0.15) is 68.8 Å². The Morgan fingerprint density at radius 3 is 2.37 bits per heavy atom. The number of rotatable bonds is 8. The van der Waals surface area contributed by atoms with Crippen molar-refractivity contribution in [3.05, 3.63) is 53.6 Å². The molecule has 9 nitrogen and oxygen atoms in total. The number of nitrogens with one attached hydrogen (secondary N) is 2. The van der Waals surface area contributed by atoms with Crippen LogP contribution in [-0.4, -0.2) is 85.0 Å². The predicted octanol–water partition coefficient (Wildman–Crippen LogP) is 6.49. The Labute approximate surface area is 269 Å². The zero-order chi connectivity index (χ0) is 33.4. The maximum absolute atomic E-state index is 14.2. The number of urea groups is 1. The number of hydrogen-bond acceptors (Lipinski definition) is 6. The molecule has 254 valence electrons. The molecule has 0 aromatic heterocycles. The van der Waals surface area contributed by atoms with E-state index < -0.39 is 23.8 Å². The summed E-state index contributed by atoms with van der Waals surface area (Å²) in [5.74, 6) is 0.707. The van der Waals surface area contributed by atoms with Crippen molar-refractivity contribution in [1.29, 1.82) is 0 Å². The van der Waals surface area contributed by atoms with E-state index in [0.29, 0.717) is 24.6 Å². The van der Waals surface area contributed by atoms with E-state index in [1.165, 1.54) is 31.0 Å². The van der Waals surface area contributed by atoms with Gasteiger partial charge in [-0.1, -0.05) is 6.92 Å². The summed E-state index contributed by atoms with van der Waals surface area (Å²) in [4.78, 5) is 31.0. The van der Waals surface area contributed by atoms with Gasteiger partial charge < -0.3 is 35.0 Å².